The number of barbiturate groups is 1. The van der Waals surface area contributed by atoms with Gasteiger partial charge in [0.25, 0.3) is 11.8 Å². The fourth-order valence-electron chi connectivity index (χ4n) is 2.64. The number of amides is 4. The van der Waals surface area contributed by atoms with Crippen LogP contribution in [0.25, 0.3) is 6.08 Å². The molecule has 0 aromatic heterocycles. The number of nitrogens with zero attached hydrogens (tertiary/aromatic N) is 1. The molecule has 2 aromatic rings. The highest BCUT2D eigenvalue weighted by atomic mass is 35.5. The lowest BCUT2D eigenvalue weighted by molar-refractivity contribution is -0.122. The number of aryl methyl sites for hydroxylation is 1. The van der Waals surface area contributed by atoms with E-state index in [0.717, 1.165) is 10.5 Å². The summed E-state index contributed by atoms with van der Waals surface area (Å²) >= 11 is 6.11. The topological polar surface area (TPSA) is 75.7 Å². The second-order valence-electron chi connectivity index (χ2n) is 5.90. The second kappa shape index (κ2) is 7.63. The van der Waals surface area contributed by atoms with Gasteiger partial charge in [-0.05, 0) is 55.3 Å². The van der Waals surface area contributed by atoms with Crippen LogP contribution >= 0.6 is 11.6 Å². The molecule has 1 aliphatic heterocycles. The Bertz CT molecular complexity index is 968. The number of urea groups is 1. The Labute approximate surface area is 161 Å². The molecule has 0 unspecified atom stereocenters. The summed E-state index contributed by atoms with van der Waals surface area (Å²) in [5.74, 6) is -0.847. The van der Waals surface area contributed by atoms with Crippen LogP contribution in [0.5, 0.6) is 5.75 Å². The molecule has 0 saturated carbocycles. The van der Waals surface area contributed by atoms with E-state index >= 15 is 0 Å². The number of benzene rings is 2. The van der Waals surface area contributed by atoms with Gasteiger partial charge in [-0.1, -0.05) is 29.8 Å². The van der Waals surface area contributed by atoms with Crippen LogP contribution in [-0.4, -0.2) is 24.5 Å². The summed E-state index contributed by atoms with van der Waals surface area (Å²) in [4.78, 5) is 38.2. The molecule has 0 aliphatic carbocycles. The SMILES string of the molecule is CCOc1cccc(/C=C2\C(=O)NC(=O)N(c3ccc(C)c(Cl)c3)C2=O)c1. The van der Waals surface area contributed by atoms with E-state index in [4.69, 9.17) is 16.3 Å². The molecule has 2 aromatic carbocycles. The Morgan fingerprint density at radius 1 is 1.15 bits per heavy atom. The monoisotopic (exact) mass is 384 g/mol. The molecule has 1 N–H and O–H groups in total. The number of ether oxygens (including phenoxy) is 1. The van der Waals surface area contributed by atoms with Gasteiger partial charge in [0.05, 0.1) is 12.3 Å². The third-order valence-electron chi connectivity index (χ3n) is 4.00. The first-order chi connectivity index (χ1) is 12.9. The fraction of sp³-hybridized carbons (Fsp3) is 0.150. The largest absolute Gasteiger partial charge is 0.494 e. The van der Waals surface area contributed by atoms with Crippen molar-refractivity contribution in [3.05, 3.63) is 64.2 Å². The average molecular weight is 385 g/mol. The first kappa shape index (κ1) is 18.7. The van der Waals surface area contributed by atoms with E-state index in [1.165, 1.54) is 12.1 Å². The van der Waals surface area contributed by atoms with Crippen LogP contribution in [0.3, 0.4) is 0 Å². The fourth-order valence-corrected chi connectivity index (χ4v) is 2.82. The molecule has 0 bridgehead atoms. The van der Waals surface area contributed by atoms with Gasteiger partial charge in [0, 0.05) is 5.02 Å². The number of nitrogens with one attached hydrogen (secondary N) is 1. The molecule has 0 atom stereocenters. The molecule has 27 heavy (non-hydrogen) atoms. The maximum atomic E-state index is 12.9. The van der Waals surface area contributed by atoms with Crippen LogP contribution in [0, 0.1) is 6.92 Å². The van der Waals surface area contributed by atoms with E-state index in [9.17, 15) is 14.4 Å². The number of carbonyl (C=O) groups is 3. The van der Waals surface area contributed by atoms with E-state index in [1.54, 1.807) is 36.4 Å². The number of halogens is 1. The van der Waals surface area contributed by atoms with E-state index < -0.39 is 17.8 Å². The van der Waals surface area contributed by atoms with Crippen LogP contribution in [0.4, 0.5) is 10.5 Å². The molecule has 1 heterocycles. The lowest BCUT2D eigenvalue weighted by Gasteiger charge is -2.26. The van der Waals surface area contributed by atoms with Gasteiger partial charge in [0.2, 0.25) is 0 Å². The Kier molecular flexibility index (Phi) is 5.28. The Morgan fingerprint density at radius 2 is 1.93 bits per heavy atom. The molecule has 1 saturated heterocycles. The lowest BCUT2D eigenvalue weighted by Crippen LogP contribution is -2.54. The molecule has 1 aliphatic rings. The minimum absolute atomic E-state index is 0.153. The van der Waals surface area contributed by atoms with Crippen molar-refractivity contribution in [1.82, 2.24) is 5.32 Å². The highest BCUT2D eigenvalue weighted by Crippen LogP contribution is 2.27. The van der Waals surface area contributed by atoms with E-state index in [-0.39, 0.29) is 11.3 Å². The van der Waals surface area contributed by atoms with Crippen molar-refractivity contribution in [3.63, 3.8) is 0 Å². The predicted octanol–water partition coefficient (Wildman–Crippen LogP) is 3.71. The lowest BCUT2D eigenvalue weighted by atomic mass is 10.1. The van der Waals surface area contributed by atoms with Gasteiger partial charge in [-0.15, -0.1) is 0 Å². The minimum Gasteiger partial charge on any atom is -0.494 e. The van der Waals surface area contributed by atoms with Gasteiger partial charge in [-0.3, -0.25) is 14.9 Å². The smallest absolute Gasteiger partial charge is 0.335 e. The normalized spacial score (nSPS) is 15.9. The molecule has 1 fully saturated rings. The van der Waals surface area contributed by atoms with Crippen molar-refractivity contribution in [2.24, 2.45) is 0 Å². The van der Waals surface area contributed by atoms with Crippen LogP contribution in [0.15, 0.2) is 48.0 Å². The minimum atomic E-state index is -0.815. The number of anilines is 1. The molecule has 6 nitrogen and oxygen atoms in total. The van der Waals surface area contributed by atoms with Crippen molar-refractivity contribution in [1.29, 1.82) is 0 Å². The third-order valence-corrected chi connectivity index (χ3v) is 4.40. The third kappa shape index (κ3) is 3.85. The predicted molar refractivity (Wildman–Crippen MR) is 103 cm³/mol. The van der Waals surface area contributed by atoms with Crippen LogP contribution in [0.2, 0.25) is 5.02 Å². The van der Waals surface area contributed by atoms with Crippen molar-refractivity contribution >= 4 is 41.2 Å². The average Bonchev–Trinajstić information content (AvgIpc) is 2.62. The summed E-state index contributed by atoms with van der Waals surface area (Å²) in [7, 11) is 0. The van der Waals surface area contributed by atoms with Gasteiger partial charge in [0.1, 0.15) is 11.3 Å². The molecule has 138 valence electrons. The first-order valence-corrected chi connectivity index (χ1v) is 8.69. The number of rotatable bonds is 4. The molecule has 3 rings (SSSR count). The first-order valence-electron chi connectivity index (χ1n) is 8.31. The summed E-state index contributed by atoms with van der Waals surface area (Å²) in [6.07, 6.45) is 1.43. The van der Waals surface area contributed by atoms with E-state index in [2.05, 4.69) is 5.32 Å². The molecule has 0 radical (unpaired) electrons. The van der Waals surface area contributed by atoms with Crippen LogP contribution in [0.1, 0.15) is 18.1 Å². The zero-order valence-corrected chi connectivity index (χ0v) is 15.5. The molecular weight excluding hydrogens is 368 g/mol. The zero-order chi connectivity index (χ0) is 19.6. The molecule has 4 amide bonds. The van der Waals surface area contributed by atoms with Crippen molar-refractivity contribution in [2.75, 3.05) is 11.5 Å². The van der Waals surface area contributed by atoms with Gasteiger partial charge < -0.3 is 4.74 Å². The highest BCUT2D eigenvalue weighted by Gasteiger charge is 2.36. The van der Waals surface area contributed by atoms with Crippen LogP contribution in [-0.2, 0) is 9.59 Å². The number of hydrogen-bond acceptors (Lipinski definition) is 4. The zero-order valence-electron chi connectivity index (χ0n) is 14.8. The Morgan fingerprint density at radius 3 is 2.63 bits per heavy atom. The number of hydrogen-bond donors (Lipinski definition) is 1. The summed E-state index contributed by atoms with van der Waals surface area (Å²) < 4.78 is 5.43. The summed E-state index contributed by atoms with van der Waals surface area (Å²) in [6.45, 7) is 4.17. The van der Waals surface area contributed by atoms with Crippen LogP contribution < -0.4 is 15.0 Å². The van der Waals surface area contributed by atoms with Crippen molar-refractivity contribution in [3.8, 4) is 5.75 Å². The van der Waals surface area contributed by atoms with Gasteiger partial charge in [-0.2, -0.15) is 0 Å². The maximum Gasteiger partial charge on any atom is 0.335 e. The highest BCUT2D eigenvalue weighted by molar-refractivity contribution is 6.39. The van der Waals surface area contributed by atoms with Crippen molar-refractivity contribution < 1.29 is 19.1 Å². The number of carbonyl (C=O) groups excluding carboxylic acids is 3. The van der Waals surface area contributed by atoms with Gasteiger partial charge in [-0.25, -0.2) is 9.69 Å². The molecule has 0 spiro atoms. The van der Waals surface area contributed by atoms with Gasteiger partial charge >= 0.3 is 6.03 Å². The summed E-state index contributed by atoms with van der Waals surface area (Å²) in [6, 6.07) is 11.0. The number of imide groups is 2. The Balaban J connectivity index is 1.99. The molecule has 7 heteroatoms. The summed E-state index contributed by atoms with van der Waals surface area (Å²) in [5.41, 5.74) is 1.55. The quantitative estimate of drug-likeness (QED) is 0.644. The maximum absolute atomic E-state index is 12.9. The standard InChI is InChI=1S/C20H17ClN2O4/c1-3-27-15-6-4-5-13(9-15)10-16-18(24)22-20(26)23(19(16)25)14-8-7-12(2)17(21)11-14/h4-11H,3H2,1-2H3,(H,22,24,26)/b16-10+. The van der Waals surface area contributed by atoms with E-state index in [1.807, 2.05) is 13.8 Å². The Hall–Kier alpha value is -3.12. The van der Waals surface area contributed by atoms with E-state index in [0.29, 0.717) is 22.9 Å². The molecular formula is C20H17ClN2O4. The van der Waals surface area contributed by atoms with Gasteiger partial charge in [0.15, 0.2) is 0 Å². The summed E-state index contributed by atoms with van der Waals surface area (Å²) in [5, 5.41) is 2.60. The second-order valence-corrected chi connectivity index (χ2v) is 6.30. The van der Waals surface area contributed by atoms with Crippen molar-refractivity contribution in [2.45, 2.75) is 13.8 Å².